The average molecular weight is 268 g/mol. The van der Waals surface area contributed by atoms with Gasteiger partial charge in [-0.25, -0.2) is 4.98 Å². The van der Waals surface area contributed by atoms with Gasteiger partial charge in [-0.15, -0.1) is 0 Å². The smallest absolute Gasteiger partial charge is 0.139 e. The van der Waals surface area contributed by atoms with E-state index in [0.717, 1.165) is 35.5 Å². The predicted molar refractivity (Wildman–Crippen MR) is 79.2 cm³/mol. The van der Waals surface area contributed by atoms with Crippen LogP contribution >= 0.6 is 0 Å². The number of nitrogens with one attached hydrogen (secondary N) is 1. The van der Waals surface area contributed by atoms with Crippen LogP contribution in [0.15, 0.2) is 53.3 Å². The highest BCUT2D eigenvalue weighted by molar-refractivity contribution is 5.87. The lowest BCUT2D eigenvalue weighted by Crippen LogP contribution is -2.07. The third kappa shape index (κ3) is 2.45. The normalized spacial score (nSPS) is 10.7. The zero-order chi connectivity index (χ0) is 13.8. The zero-order valence-corrected chi connectivity index (χ0v) is 11.3. The van der Waals surface area contributed by atoms with Crippen LogP contribution < -0.4 is 10.1 Å². The zero-order valence-electron chi connectivity index (χ0n) is 11.3. The number of methoxy groups -OCH3 is 1. The van der Waals surface area contributed by atoms with Gasteiger partial charge in [-0.2, -0.15) is 0 Å². The van der Waals surface area contributed by atoms with E-state index in [4.69, 9.17) is 9.15 Å². The molecule has 3 aromatic rings. The summed E-state index contributed by atoms with van der Waals surface area (Å²) in [6, 6.07) is 11.8. The number of benzene rings is 1. The Morgan fingerprint density at radius 1 is 1.20 bits per heavy atom. The molecule has 0 bridgehead atoms. The number of rotatable bonds is 5. The lowest BCUT2D eigenvalue weighted by Gasteiger charge is -2.09. The first kappa shape index (κ1) is 12.5. The molecule has 0 amide bonds. The summed E-state index contributed by atoms with van der Waals surface area (Å²) in [7, 11) is 1.69. The van der Waals surface area contributed by atoms with Gasteiger partial charge >= 0.3 is 0 Å². The molecule has 0 unspecified atom stereocenters. The molecule has 2 heterocycles. The van der Waals surface area contributed by atoms with Crippen LogP contribution in [0.1, 0.15) is 5.56 Å². The second-order valence-electron chi connectivity index (χ2n) is 4.48. The van der Waals surface area contributed by atoms with Crippen molar-refractivity contribution in [2.24, 2.45) is 0 Å². The molecular weight excluding hydrogens is 252 g/mol. The average Bonchev–Trinajstić information content (AvgIpc) is 2.97. The van der Waals surface area contributed by atoms with Crippen molar-refractivity contribution in [3.8, 4) is 5.75 Å². The van der Waals surface area contributed by atoms with Crippen LogP contribution in [0.25, 0.3) is 11.0 Å². The van der Waals surface area contributed by atoms with E-state index in [2.05, 4.69) is 16.4 Å². The van der Waals surface area contributed by atoms with Gasteiger partial charge < -0.3 is 14.5 Å². The quantitative estimate of drug-likeness (QED) is 0.769. The molecule has 4 nitrogen and oxygen atoms in total. The van der Waals surface area contributed by atoms with Gasteiger partial charge in [-0.3, -0.25) is 0 Å². The minimum Gasteiger partial charge on any atom is -0.496 e. The number of hydrogen-bond acceptors (Lipinski definition) is 4. The number of anilines is 1. The van der Waals surface area contributed by atoms with E-state index in [1.54, 1.807) is 19.6 Å². The molecule has 0 aliphatic carbocycles. The number of aromatic nitrogens is 1. The van der Waals surface area contributed by atoms with Gasteiger partial charge in [0.15, 0.2) is 0 Å². The Balaban J connectivity index is 1.69. The molecule has 0 saturated heterocycles. The van der Waals surface area contributed by atoms with Crippen molar-refractivity contribution in [2.45, 2.75) is 6.42 Å². The van der Waals surface area contributed by atoms with Crippen LogP contribution in [0.3, 0.4) is 0 Å². The summed E-state index contributed by atoms with van der Waals surface area (Å²) in [6.45, 7) is 0.789. The molecule has 102 valence electrons. The minimum absolute atomic E-state index is 0.789. The molecule has 0 saturated carbocycles. The van der Waals surface area contributed by atoms with Gasteiger partial charge in [0, 0.05) is 12.7 Å². The van der Waals surface area contributed by atoms with Crippen molar-refractivity contribution < 1.29 is 9.15 Å². The molecule has 1 aromatic carbocycles. The molecule has 1 N–H and O–H groups in total. The van der Waals surface area contributed by atoms with Gasteiger partial charge in [0.1, 0.15) is 17.2 Å². The number of furan rings is 1. The molecule has 0 aliphatic heterocycles. The number of ether oxygens (including phenoxy) is 1. The Bertz CT molecular complexity index is 706. The Kier molecular flexibility index (Phi) is 3.54. The van der Waals surface area contributed by atoms with Crippen LogP contribution in [-0.2, 0) is 6.42 Å². The van der Waals surface area contributed by atoms with E-state index in [1.807, 2.05) is 30.3 Å². The number of fused-ring (bicyclic) bond motifs is 1. The first-order valence-electron chi connectivity index (χ1n) is 6.56. The van der Waals surface area contributed by atoms with Crippen LogP contribution in [0.5, 0.6) is 5.75 Å². The molecule has 0 radical (unpaired) electrons. The van der Waals surface area contributed by atoms with Crippen molar-refractivity contribution in [2.75, 3.05) is 19.0 Å². The summed E-state index contributed by atoms with van der Waals surface area (Å²) in [6.07, 6.45) is 4.30. The SMILES string of the molecule is COc1ccccc1CCNc1nccc2occc12. The van der Waals surface area contributed by atoms with Crippen LogP contribution in [-0.4, -0.2) is 18.6 Å². The van der Waals surface area contributed by atoms with E-state index < -0.39 is 0 Å². The highest BCUT2D eigenvalue weighted by Gasteiger charge is 2.05. The van der Waals surface area contributed by atoms with Gasteiger partial charge in [0.05, 0.1) is 18.8 Å². The highest BCUT2D eigenvalue weighted by atomic mass is 16.5. The largest absolute Gasteiger partial charge is 0.496 e. The summed E-state index contributed by atoms with van der Waals surface area (Å²) in [5.41, 5.74) is 2.03. The van der Waals surface area contributed by atoms with Crippen molar-refractivity contribution in [3.63, 3.8) is 0 Å². The maximum atomic E-state index is 5.36. The number of nitrogens with zero attached hydrogens (tertiary/aromatic N) is 1. The molecule has 0 aliphatic rings. The molecular formula is C16H16N2O2. The maximum Gasteiger partial charge on any atom is 0.139 e. The fraction of sp³-hybridized carbons (Fsp3) is 0.188. The Morgan fingerprint density at radius 3 is 3.00 bits per heavy atom. The summed E-state index contributed by atoms with van der Waals surface area (Å²) in [4.78, 5) is 4.35. The van der Waals surface area contributed by atoms with Gasteiger partial charge in [-0.1, -0.05) is 18.2 Å². The predicted octanol–water partition coefficient (Wildman–Crippen LogP) is 3.49. The second kappa shape index (κ2) is 5.65. The van der Waals surface area contributed by atoms with E-state index >= 15 is 0 Å². The van der Waals surface area contributed by atoms with Gasteiger partial charge in [0.25, 0.3) is 0 Å². The lowest BCUT2D eigenvalue weighted by atomic mass is 10.1. The third-order valence-corrected chi connectivity index (χ3v) is 3.26. The van der Waals surface area contributed by atoms with Gasteiger partial charge in [-0.05, 0) is 30.2 Å². The number of pyridine rings is 1. The topological polar surface area (TPSA) is 47.3 Å². The number of para-hydroxylation sites is 1. The Morgan fingerprint density at radius 2 is 2.10 bits per heavy atom. The third-order valence-electron chi connectivity index (χ3n) is 3.26. The van der Waals surface area contributed by atoms with E-state index in [0.29, 0.717) is 0 Å². The fourth-order valence-electron chi connectivity index (χ4n) is 2.26. The molecule has 20 heavy (non-hydrogen) atoms. The molecule has 3 rings (SSSR count). The van der Waals surface area contributed by atoms with Crippen LogP contribution in [0.4, 0.5) is 5.82 Å². The lowest BCUT2D eigenvalue weighted by molar-refractivity contribution is 0.410. The highest BCUT2D eigenvalue weighted by Crippen LogP contribution is 2.22. The fourth-order valence-corrected chi connectivity index (χ4v) is 2.26. The first-order valence-corrected chi connectivity index (χ1v) is 6.56. The molecule has 0 spiro atoms. The Labute approximate surface area is 117 Å². The number of hydrogen-bond donors (Lipinski definition) is 1. The standard InChI is InChI=1S/C16H16N2O2/c1-19-14-5-3-2-4-12(14)6-9-17-16-13-8-11-20-15(13)7-10-18-16/h2-5,7-8,10-11H,6,9H2,1H3,(H,17,18). The van der Waals surface area contributed by atoms with E-state index in [9.17, 15) is 0 Å². The van der Waals surface area contributed by atoms with Crippen molar-refractivity contribution in [1.29, 1.82) is 0 Å². The van der Waals surface area contributed by atoms with E-state index in [1.165, 1.54) is 5.56 Å². The molecule has 2 aromatic heterocycles. The van der Waals surface area contributed by atoms with Crippen molar-refractivity contribution >= 4 is 16.8 Å². The monoisotopic (exact) mass is 268 g/mol. The van der Waals surface area contributed by atoms with Crippen molar-refractivity contribution in [3.05, 3.63) is 54.4 Å². The molecule has 0 atom stereocenters. The minimum atomic E-state index is 0.789. The molecule has 4 heteroatoms. The summed E-state index contributed by atoms with van der Waals surface area (Å²) >= 11 is 0. The van der Waals surface area contributed by atoms with E-state index in [-0.39, 0.29) is 0 Å². The summed E-state index contributed by atoms with van der Waals surface area (Å²) in [5.74, 6) is 1.77. The summed E-state index contributed by atoms with van der Waals surface area (Å²) in [5, 5.41) is 4.35. The van der Waals surface area contributed by atoms with Gasteiger partial charge in [0.2, 0.25) is 0 Å². The van der Waals surface area contributed by atoms with Crippen molar-refractivity contribution in [1.82, 2.24) is 4.98 Å². The first-order chi connectivity index (χ1) is 9.88. The Hall–Kier alpha value is -2.49. The van der Waals surface area contributed by atoms with Crippen LogP contribution in [0.2, 0.25) is 0 Å². The second-order valence-corrected chi connectivity index (χ2v) is 4.48. The summed E-state index contributed by atoms with van der Waals surface area (Å²) < 4.78 is 10.7. The maximum absolute atomic E-state index is 5.36. The molecule has 0 fully saturated rings. The van der Waals surface area contributed by atoms with Crippen LogP contribution in [0, 0.1) is 0 Å².